The van der Waals surface area contributed by atoms with Crippen LogP contribution in [0.1, 0.15) is 29.0 Å². The fourth-order valence-corrected chi connectivity index (χ4v) is 3.72. The van der Waals surface area contributed by atoms with Gasteiger partial charge >= 0.3 is 5.97 Å². The molecule has 3 rings (SSSR count). The molecule has 1 atom stereocenters. The minimum atomic E-state index is -0.928. The molecule has 1 aromatic heterocycles. The van der Waals surface area contributed by atoms with Gasteiger partial charge in [-0.25, -0.2) is 0 Å². The number of hydrogen-bond acceptors (Lipinski definition) is 6. The van der Waals surface area contributed by atoms with Gasteiger partial charge in [0.25, 0.3) is 0 Å². The summed E-state index contributed by atoms with van der Waals surface area (Å²) in [6, 6.07) is 9.59. The van der Waals surface area contributed by atoms with E-state index in [-0.39, 0.29) is 12.3 Å². The zero-order valence-electron chi connectivity index (χ0n) is 17.6. The molecule has 0 saturated carbocycles. The molecule has 1 aliphatic rings. The van der Waals surface area contributed by atoms with E-state index in [1.165, 1.54) is 0 Å². The number of carbonyl (C=O) groups is 2. The molecule has 2 aromatic rings. The van der Waals surface area contributed by atoms with E-state index >= 15 is 0 Å². The number of nitrogens with zero attached hydrogens (tertiary/aromatic N) is 3. The summed E-state index contributed by atoms with van der Waals surface area (Å²) in [7, 11) is 0. The smallest absolute Gasteiger partial charge is 0.308 e. The number of carboxylic acids is 1. The van der Waals surface area contributed by atoms with Crippen molar-refractivity contribution in [1.29, 1.82) is 0 Å². The molecule has 0 spiro atoms. The normalized spacial score (nSPS) is 16.3. The van der Waals surface area contributed by atoms with Crippen LogP contribution in [0.5, 0.6) is 0 Å². The molecule has 8 heteroatoms. The van der Waals surface area contributed by atoms with Gasteiger partial charge in [0.2, 0.25) is 5.91 Å². The zero-order valence-corrected chi connectivity index (χ0v) is 17.6. The first-order chi connectivity index (χ1) is 14.4. The summed E-state index contributed by atoms with van der Waals surface area (Å²) in [6.07, 6.45) is -0.0124. The van der Waals surface area contributed by atoms with Gasteiger partial charge in [0, 0.05) is 57.8 Å². The number of aliphatic carboxylic acids is 1. The Hall–Kier alpha value is -2.71. The second kappa shape index (κ2) is 10.4. The predicted octanol–water partition coefficient (Wildman–Crippen LogP) is 1.82. The Labute approximate surface area is 176 Å². The lowest BCUT2D eigenvalue weighted by Crippen LogP contribution is -2.48. The van der Waals surface area contributed by atoms with E-state index in [0.717, 1.165) is 55.3 Å². The standard InChI is InChI=1S/C22H30N4O4/c1-16-20(17(2)30-24-16)15-26-10-8-25(9-11-26)14-19(22(28)29)12-21(27)23-13-18-6-4-3-5-7-18/h3-7,19H,8-15H2,1-2H3,(H,23,27)(H,28,29). The van der Waals surface area contributed by atoms with Gasteiger partial charge in [0.15, 0.2) is 0 Å². The highest BCUT2D eigenvalue weighted by Gasteiger charge is 2.27. The second-order valence-electron chi connectivity index (χ2n) is 7.88. The number of rotatable bonds is 9. The molecule has 162 valence electrons. The van der Waals surface area contributed by atoms with E-state index in [4.69, 9.17) is 4.52 Å². The van der Waals surface area contributed by atoms with Crippen LogP contribution in [0.4, 0.5) is 0 Å². The summed E-state index contributed by atoms with van der Waals surface area (Å²) in [5, 5.41) is 16.4. The van der Waals surface area contributed by atoms with E-state index in [2.05, 4.69) is 20.3 Å². The number of piperazine rings is 1. The lowest BCUT2D eigenvalue weighted by molar-refractivity contribution is -0.145. The third kappa shape index (κ3) is 6.14. The average molecular weight is 415 g/mol. The first-order valence-electron chi connectivity index (χ1n) is 10.3. The van der Waals surface area contributed by atoms with Crippen LogP contribution in [0.25, 0.3) is 0 Å². The lowest BCUT2D eigenvalue weighted by Gasteiger charge is -2.35. The summed E-state index contributed by atoms with van der Waals surface area (Å²) >= 11 is 0. The van der Waals surface area contributed by atoms with Gasteiger partial charge in [0.05, 0.1) is 11.6 Å². The minimum absolute atomic E-state index is 0.0124. The Morgan fingerprint density at radius 2 is 1.80 bits per heavy atom. The molecule has 2 N–H and O–H groups in total. The number of carbonyl (C=O) groups excluding carboxylic acids is 1. The Bertz CT molecular complexity index is 825. The molecular formula is C22H30N4O4. The lowest BCUT2D eigenvalue weighted by atomic mass is 10.0. The Balaban J connectivity index is 1.44. The topological polar surface area (TPSA) is 98.9 Å². The Morgan fingerprint density at radius 1 is 1.13 bits per heavy atom. The van der Waals surface area contributed by atoms with Crippen molar-refractivity contribution >= 4 is 11.9 Å². The number of aromatic nitrogens is 1. The zero-order chi connectivity index (χ0) is 21.5. The third-order valence-electron chi connectivity index (χ3n) is 5.62. The first kappa shape index (κ1) is 22.0. The van der Waals surface area contributed by atoms with E-state index < -0.39 is 11.9 Å². The monoisotopic (exact) mass is 414 g/mol. The SMILES string of the molecule is Cc1noc(C)c1CN1CCN(CC(CC(=O)NCc2ccccc2)C(=O)O)CC1. The van der Waals surface area contributed by atoms with Gasteiger partial charge in [-0.15, -0.1) is 0 Å². The maximum atomic E-state index is 12.3. The highest BCUT2D eigenvalue weighted by molar-refractivity contribution is 5.82. The van der Waals surface area contributed by atoms with Crippen LogP contribution in [0, 0.1) is 19.8 Å². The number of hydrogen-bond donors (Lipinski definition) is 2. The molecule has 0 aliphatic carbocycles. The Kier molecular flexibility index (Phi) is 7.59. The van der Waals surface area contributed by atoms with Crippen LogP contribution in [0.3, 0.4) is 0 Å². The molecule has 1 saturated heterocycles. The Morgan fingerprint density at radius 3 is 2.40 bits per heavy atom. The summed E-state index contributed by atoms with van der Waals surface area (Å²) in [6.45, 7) is 8.69. The first-order valence-corrected chi connectivity index (χ1v) is 10.3. The molecule has 1 fully saturated rings. The number of nitrogens with one attached hydrogen (secondary N) is 1. The van der Waals surface area contributed by atoms with Crippen LogP contribution in [0.15, 0.2) is 34.9 Å². The average Bonchev–Trinajstić information content (AvgIpc) is 3.06. The van der Waals surface area contributed by atoms with Gasteiger partial charge < -0.3 is 14.9 Å². The van der Waals surface area contributed by atoms with E-state index in [9.17, 15) is 14.7 Å². The van der Waals surface area contributed by atoms with E-state index in [1.54, 1.807) is 0 Å². The number of benzene rings is 1. The van der Waals surface area contributed by atoms with Crippen LogP contribution >= 0.6 is 0 Å². The van der Waals surface area contributed by atoms with Crippen molar-refractivity contribution in [2.75, 3.05) is 32.7 Å². The van der Waals surface area contributed by atoms with Crippen LogP contribution in [-0.4, -0.2) is 64.7 Å². The minimum Gasteiger partial charge on any atom is -0.481 e. The van der Waals surface area contributed by atoms with Crippen LogP contribution in [-0.2, 0) is 22.7 Å². The molecule has 1 unspecified atom stereocenters. The maximum Gasteiger partial charge on any atom is 0.308 e. The van der Waals surface area contributed by atoms with Gasteiger partial charge in [-0.2, -0.15) is 0 Å². The summed E-state index contributed by atoms with van der Waals surface area (Å²) in [5.41, 5.74) is 3.04. The van der Waals surface area contributed by atoms with Gasteiger partial charge in [-0.3, -0.25) is 19.4 Å². The van der Waals surface area contributed by atoms with Crippen molar-refractivity contribution in [3.05, 3.63) is 52.9 Å². The van der Waals surface area contributed by atoms with Crippen LogP contribution in [0.2, 0.25) is 0 Å². The highest BCUT2D eigenvalue weighted by atomic mass is 16.5. The summed E-state index contributed by atoms with van der Waals surface area (Å²) < 4.78 is 5.23. The van der Waals surface area contributed by atoms with Crippen molar-refractivity contribution in [1.82, 2.24) is 20.3 Å². The molecule has 0 bridgehead atoms. The van der Waals surface area contributed by atoms with Crippen LogP contribution < -0.4 is 5.32 Å². The second-order valence-corrected chi connectivity index (χ2v) is 7.88. The largest absolute Gasteiger partial charge is 0.481 e. The molecule has 0 radical (unpaired) electrons. The molecular weight excluding hydrogens is 384 g/mol. The molecule has 1 aliphatic heterocycles. The molecule has 1 amide bonds. The number of amides is 1. The van der Waals surface area contributed by atoms with Crippen molar-refractivity contribution in [2.24, 2.45) is 5.92 Å². The number of carboxylic acid groups (broad SMARTS) is 1. The number of aryl methyl sites for hydroxylation is 2. The molecule has 1 aromatic carbocycles. The summed E-state index contributed by atoms with van der Waals surface area (Å²) in [5.74, 6) is -1.02. The van der Waals surface area contributed by atoms with Gasteiger partial charge in [-0.1, -0.05) is 35.5 Å². The molecule has 30 heavy (non-hydrogen) atoms. The fraction of sp³-hybridized carbons (Fsp3) is 0.500. The predicted molar refractivity (Wildman–Crippen MR) is 112 cm³/mol. The van der Waals surface area contributed by atoms with Gasteiger partial charge in [0.1, 0.15) is 5.76 Å². The van der Waals surface area contributed by atoms with Crippen molar-refractivity contribution < 1.29 is 19.2 Å². The fourth-order valence-electron chi connectivity index (χ4n) is 3.72. The van der Waals surface area contributed by atoms with E-state index in [1.807, 2.05) is 44.2 Å². The third-order valence-corrected chi connectivity index (χ3v) is 5.62. The van der Waals surface area contributed by atoms with Crippen molar-refractivity contribution in [3.8, 4) is 0 Å². The maximum absolute atomic E-state index is 12.3. The molecule has 8 nitrogen and oxygen atoms in total. The summed E-state index contributed by atoms with van der Waals surface area (Å²) in [4.78, 5) is 28.4. The van der Waals surface area contributed by atoms with E-state index in [0.29, 0.717) is 13.1 Å². The highest BCUT2D eigenvalue weighted by Crippen LogP contribution is 2.17. The van der Waals surface area contributed by atoms with Crippen molar-refractivity contribution in [2.45, 2.75) is 33.4 Å². The van der Waals surface area contributed by atoms with Crippen molar-refractivity contribution in [3.63, 3.8) is 0 Å². The van der Waals surface area contributed by atoms with Gasteiger partial charge in [-0.05, 0) is 19.4 Å². The quantitative estimate of drug-likeness (QED) is 0.646. The molecule has 2 heterocycles.